The van der Waals surface area contributed by atoms with Crippen LogP contribution in [0, 0.1) is 0 Å². The predicted molar refractivity (Wildman–Crippen MR) is 113 cm³/mol. The highest BCUT2D eigenvalue weighted by Gasteiger charge is 2.16. The number of aromatic nitrogens is 3. The van der Waals surface area contributed by atoms with Crippen LogP contribution in [0.3, 0.4) is 0 Å². The van der Waals surface area contributed by atoms with Crippen molar-refractivity contribution in [1.82, 2.24) is 15.2 Å². The van der Waals surface area contributed by atoms with Crippen molar-refractivity contribution in [3.63, 3.8) is 0 Å². The quantitative estimate of drug-likeness (QED) is 0.483. The fraction of sp³-hybridized carbons (Fsp3) is 0.286. The Kier molecular flexibility index (Phi) is 7.08. The van der Waals surface area contributed by atoms with E-state index in [2.05, 4.69) is 27.4 Å². The molecule has 0 saturated carbocycles. The van der Waals surface area contributed by atoms with E-state index >= 15 is 0 Å². The molecule has 0 saturated heterocycles. The lowest BCUT2D eigenvalue weighted by Crippen LogP contribution is -2.13. The summed E-state index contributed by atoms with van der Waals surface area (Å²) in [4.78, 5) is 16.8. The summed E-state index contributed by atoms with van der Waals surface area (Å²) in [5, 5.41) is 9.83. The van der Waals surface area contributed by atoms with E-state index in [4.69, 9.17) is 21.1 Å². The lowest BCUT2D eigenvalue weighted by atomic mass is 10.1. The Bertz CT molecular complexity index is 943. The van der Waals surface area contributed by atoms with E-state index in [1.54, 1.807) is 24.3 Å². The first kappa shape index (κ1) is 20.7. The van der Waals surface area contributed by atoms with Gasteiger partial charge in [0.05, 0.1) is 18.2 Å². The van der Waals surface area contributed by atoms with Gasteiger partial charge >= 0.3 is 0 Å². The number of carbonyl (C=O) groups excluding carboxylic acids is 1. The Hall–Kier alpha value is -3.06. The molecule has 7 nitrogen and oxygen atoms in total. The van der Waals surface area contributed by atoms with Crippen LogP contribution in [0.25, 0.3) is 11.4 Å². The fourth-order valence-electron chi connectivity index (χ4n) is 2.68. The lowest BCUT2D eigenvalue weighted by molar-refractivity contribution is 0.102. The van der Waals surface area contributed by atoms with Gasteiger partial charge in [0.1, 0.15) is 6.33 Å². The zero-order valence-corrected chi connectivity index (χ0v) is 17.1. The fourth-order valence-corrected chi connectivity index (χ4v) is 2.95. The van der Waals surface area contributed by atoms with E-state index < -0.39 is 0 Å². The minimum atomic E-state index is -0.291. The number of amides is 1. The number of unbranched alkanes of at least 4 members (excludes halogenated alkanes) is 1. The number of hydrogen-bond acceptors (Lipinski definition) is 5. The number of anilines is 1. The number of benzene rings is 2. The van der Waals surface area contributed by atoms with Crippen LogP contribution >= 0.6 is 11.6 Å². The molecule has 29 heavy (non-hydrogen) atoms. The summed E-state index contributed by atoms with van der Waals surface area (Å²) in [5.41, 5.74) is 1.91. The number of rotatable bonds is 9. The Balaban J connectivity index is 1.76. The maximum atomic E-state index is 12.7. The van der Waals surface area contributed by atoms with Crippen LogP contribution in [-0.2, 0) is 0 Å². The van der Waals surface area contributed by atoms with Gasteiger partial charge in [0.25, 0.3) is 5.91 Å². The van der Waals surface area contributed by atoms with Crippen molar-refractivity contribution in [2.75, 3.05) is 18.5 Å². The molecule has 0 fully saturated rings. The third kappa shape index (κ3) is 5.26. The first-order valence-electron chi connectivity index (χ1n) is 9.48. The minimum absolute atomic E-state index is 0.291. The van der Waals surface area contributed by atoms with Crippen LogP contribution in [0.4, 0.5) is 5.69 Å². The molecule has 3 rings (SSSR count). The van der Waals surface area contributed by atoms with Crippen LogP contribution < -0.4 is 14.8 Å². The molecule has 0 aliphatic carbocycles. The standard InChI is InChI=1S/C21H23ClN4O3/c1-3-5-10-29-19-17(22)11-15(12-18(19)28-4-2)21(27)25-16-8-6-14(7-9-16)20-23-13-24-26-20/h6-9,11-13H,3-5,10H2,1-2H3,(H,25,27)(H,23,24,26). The van der Waals surface area contributed by atoms with Gasteiger partial charge in [-0.05, 0) is 49.7 Å². The Morgan fingerprint density at radius 2 is 1.97 bits per heavy atom. The molecule has 0 radical (unpaired) electrons. The van der Waals surface area contributed by atoms with Crippen LogP contribution in [0.2, 0.25) is 5.02 Å². The van der Waals surface area contributed by atoms with E-state index in [9.17, 15) is 4.79 Å². The highest BCUT2D eigenvalue weighted by Crippen LogP contribution is 2.37. The van der Waals surface area contributed by atoms with Gasteiger partial charge in [0, 0.05) is 16.8 Å². The number of halogens is 1. The summed E-state index contributed by atoms with van der Waals surface area (Å²) < 4.78 is 11.4. The van der Waals surface area contributed by atoms with Gasteiger partial charge in [0.2, 0.25) is 0 Å². The summed E-state index contributed by atoms with van der Waals surface area (Å²) >= 11 is 6.37. The van der Waals surface area contributed by atoms with Crippen molar-refractivity contribution in [3.8, 4) is 22.9 Å². The van der Waals surface area contributed by atoms with Gasteiger partial charge in [-0.1, -0.05) is 24.9 Å². The summed E-state index contributed by atoms with van der Waals surface area (Å²) in [6, 6.07) is 10.5. The average Bonchev–Trinajstić information content (AvgIpc) is 3.25. The van der Waals surface area contributed by atoms with E-state index in [-0.39, 0.29) is 5.91 Å². The second-order valence-electron chi connectivity index (χ2n) is 6.29. The Labute approximate surface area is 174 Å². The largest absolute Gasteiger partial charge is 0.490 e. The zero-order valence-electron chi connectivity index (χ0n) is 16.4. The molecule has 1 aromatic heterocycles. The average molecular weight is 415 g/mol. The topological polar surface area (TPSA) is 89.1 Å². The number of hydrogen-bond donors (Lipinski definition) is 2. The summed E-state index contributed by atoms with van der Waals surface area (Å²) in [6.07, 6.45) is 3.37. The summed E-state index contributed by atoms with van der Waals surface area (Å²) in [5.74, 6) is 1.30. The van der Waals surface area contributed by atoms with Crippen molar-refractivity contribution in [1.29, 1.82) is 0 Å². The molecule has 2 aromatic carbocycles. The molecule has 0 unspecified atom stereocenters. The minimum Gasteiger partial charge on any atom is -0.490 e. The molecule has 1 amide bonds. The smallest absolute Gasteiger partial charge is 0.255 e. The van der Waals surface area contributed by atoms with Crippen LogP contribution in [0.15, 0.2) is 42.7 Å². The van der Waals surface area contributed by atoms with Crippen molar-refractivity contribution in [2.45, 2.75) is 26.7 Å². The van der Waals surface area contributed by atoms with E-state index in [1.807, 2.05) is 19.1 Å². The predicted octanol–water partition coefficient (Wildman–Crippen LogP) is 4.96. The van der Waals surface area contributed by atoms with Gasteiger partial charge in [-0.2, -0.15) is 5.10 Å². The maximum absolute atomic E-state index is 12.7. The highest BCUT2D eigenvalue weighted by atomic mass is 35.5. The zero-order chi connectivity index (χ0) is 20.6. The molecule has 152 valence electrons. The van der Waals surface area contributed by atoms with Gasteiger partial charge in [0.15, 0.2) is 17.3 Å². The SMILES string of the molecule is CCCCOc1c(Cl)cc(C(=O)Nc2ccc(-c3ncn[nH]3)cc2)cc1OCC. The van der Waals surface area contributed by atoms with Crippen LogP contribution in [-0.4, -0.2) is 34.3 Å². The molecule has 8 heteroatoms. The Morgan fingerprint density at radius 1 is 1.17 bits per heavy atom. The third-order valence-electron chi connectivity index (χ3n) is 4.15. The lowest BCUT2D eigenvalue weighted by Gasteiger charge is -2.15. The molecule has 0 aliphatic heterocycles. The van der Waals surface area contributed by atoms with E-state index in [1.165, 1.54) is 6.33 Å². The highest BCUT2D eigenvalue weighted by molar-refractivity contribution is 6.32. The maximum Gasteiger partial charge on any atom is 0.255 e. The molecule has 0 bridgehead atoms. The number of nitrogens with zero attached hydrogens (tertiary/aromatic N) is 2. The second kappa shape index (κ2) is 9.93. The normalized spacial score (nSPS) is 10.6. The van der Waals surface area contributed by atoms with Crippen molar-refractivity contribution < 1.29 is 14.3 Å². The Morgan fingerprint density at radius 3 is 2.62 bits per heavy atom. The first-order chi connectivity index (χ1) is 14.1. The molecule has 0 aliphatic rings. The van der Waals surface area contributed by atoms with Crippen molar-refractivity contribution in [2.24, 2.45) is 0 Å². The summed E-state index contributed by atoms with van der Waals surface area (Å²) in [6.45, 7) is 4.93. The van der Waals surface area contributed by atoms with Gasteiger partial charge < -0.3 is 14.8 Å². The molecular weight excluding hydrogens is 392 g/mol. The first-order valence-corrected chi connectivity index (χ1v) is 9.86. The number of ether oxygens (including phenoxy) is 2. The second-order valence-corrected chi connectivity index (χ2v) is 6.69. The number of nitrogens with one attached hydrogen (secondary N) is 2. The molecular formula is C21H23ClN4O3. The van der Waals surface area contributed by atoms with Crippen molar-refractivity contribution >= 4 is 23.2 Å². The van der Waals surface area contributed by atoms with Crippen LogP contribution in [0.1, 0.15) is 37.0 Å². The molecule has 2 N–H and O–H groups in total. The van der Waals surface area contributed by atoms with E-state index in [0.717, 1.165) is 18.4 Å². The number of carbonyl (C=O) groups is 1. The van der Waals surface area contributed by atoms with E-state index in [0.29, 0.717) is 46.8 Å². The third-order valence-corrected chi connectivity index (χ3v) is 4.43. The molecule has 0 spiro atoms. The van der Waals surface area contributed by atoms with Gasteiger partial charge in [-0.15, -0.1) is 0 Å². The van der Waals surface area contributed by atoms with Gasteiger partial charge in [-0.3, -0.25) is 9.89 Å². The van der Waals surface area contributed by atoms with Gasteiger partial charge in [-0.25, -0.2) is 4.98 Å². The molecule has 1 heterocycles. The number of H-pyrrole nitrogens is 1. The van der Waals surface area contributed by atoms with Crippen molar-refractivity contribution in [3.05, 3.63) is 53.3 Å². The number of aromatic amines is 1. The molecule has 3 aromatic rings. The summed E-state index contributed by atoms with van der Waals surface area (Å²) in [7, 11) is 0. The monoisotopic (exact) mass is 414 g/mol. The molecule has 0 atom stereocenters. The van der Waals surface area contributed by atoms with Crippen LogP contribution in [0.5, 0.6) is 11.5 Å².